The van der Waals surface area contributed by atoms with Crippen molar-refractivity contribution in [2.45, 2.75) is 0 Å². The van der Waals surface area contributed by atoms with Gasteiger partial charge in [0, 0.05) is 20.4 Å². The molecule has 81 valence electrons. The second-order valence-corrected chi connectivity index (χ2v) is 4.25. The van der Waals surface area contributed by atoms with Crippen LogP contribution in [0.25, 0.3) is 3.58 Å². The summed E-state index contributed by atoms with van der Waals surface area (Å²) in [7, 11) is 0. The largest absolute Gasteiger partial charge is 0.149 e. The average molecular weight is 491 g/mol. The maximum Gasteiger partial charge on any atom is 0 e. The minimum atomic E-state index is 0. The fraction of sp³-hybridized carbons (Fsp3) is 0. The third-order valence-corrected chi connectivity index (χ3v) is 2.95. The number of hydrogen-bond donors (Lipinski definition) is 0. The van der Waals surface area contributed by atoms with Crippen molar-refractivity contribution in [3.05, 3.63) is 77.9 Å². The Kier molecular flexibility index (Phi) is 5.97. The van der Waals surface area contributed by atoms with Crippen LogP contribution in [0.4, 0.5) is 0 Å². The van der Waals surface area contributed by atoms with Crippen molar-refractivity contribution in [1.82, 2.24) is 0 Å². The number of halogens is 1. The van der Waals surface area contributed by atoms with E-state index in [1.807, 2.05) is 36.4 Å². The Labute approximate surface area is 124 Å². The van der Waals surface area contributed by atoms with Gasteiger partial charge in [0.2, 0.25) is 0 Å². The SMILES string of the molecule is IC(=[C-]c1ccccc1)c1ccccc1.[Re]. The molecule has 0 spiro atoms. The Morgan fingerprint density at radius 3 is 1.88 bits per heavy atom. The molecule has 2 heteroatoms. The van der Waals surface area contributed by atoms with Gasteiger partial charge >= 0.3 is 0 Å². The molecule has 0 amide bonds. The first-order valence-corrected chi connectivity index (χ1v) is 5.84. The summed E-state index contributed by atoms with van der Waals surface area (Å²) in [5, 5.41) is 0. The first-order chi connectivity index (χ1) is 7.36. The quantitative estimate of drug-likeness (QED) is 0.334. The fourth-order valence-corrected chi connectivity index (χ4v) is 1.98. The van der Waals surface area contributed by atoms with Crippen LogP contribution in [0.5, 0.6) is 0 Å². The molecule has 0 saturated carbocycles. The summed E-state index contributed by atoms with van der Waals surface area (Å²) in [4.78, 5) is 0. The maximum atomic E-state index is 3.36. The molecule has 1 radical (unpaired) electrons. The van der Waals surface area contributed by atoms with Crippen LogP contribution < -0.4 is 0 Å². The van der Waals surface area contributed by atoms with E-state index in [0.717, 1.165) is 9.14 Å². The fourth-order valence-electron chi connectivity index (χ4n) is 1.30. The third kappa shape index (κ3) is 3.86. The third-order valence-electron chi connectivity index (χ3n) is 2.06. The first kappa shape index (κ1) is 13.6. The Balaban J connectivity index is 0.00000128. The van der Waals surface area contributed by atoms with E-state index in [0.29, 0.717) is 0 Å². The van der Waals surface area contributed by atoms with Gasteiger partial charge in [0.1, 0.15) is 0 Å². The van der Waals surface area contributed by atoms with Crippen LogP contribution in [0.1, 0.15) is 11.1 Å². The molecule has 0 heterocycles. The van der Waals surface area contributed by atoms with Gasteiger partial charge in [0.15, 0.2) is 0 Å². The van der Waals surface area contributed by atoms with Gasteiger partial charge < -0.3 is 0 Å². The molecule has 0 N–H and O–H groups in total. The van der Waals surface area contributed by atoms with Gasteiger partial charge in [0.25, 0.3) is 0 Å². The molecule has 0 fully saturated rings. The Morgan fingerprint density at radius 1 is 0.812 bits per heavy atom. The molecule has 0 nitrogen and oxygen atoms in total. The minimum absolute atomic E-state index is 0. The van der Waals surface area contributed by atoms with Gasteiger partial charge in [-0.05, 0) is 0 Å². The molecule has 0 bridgehead atoms. The number of hydrogen-bond acceptors (Lipinski definition) is 0. The summed E-state index contributed by atoms with van der Waals surface area (Å²) >= 11 is 2.32. The zero-order valence-electron chi connectivity index (χ0n) is 8.53. The van der Waals surface area contributed by atoms with E-state index in [-0.39, 0.29) is 20.4 Å². The van der Waals surface area contributed by atoms with Crippen LogP contribution in [-0.2, 0) is 20.4 Å². The van der Waals surface area contributed by atoms with Gasteiger partial charge in [-0.25, -0.2) is 0 Å². The monoisotopic (exact) mass is 492 g/mol. The standard InChI is InChI=1S/C14H10I.Re/c15-14(13-9-5-2-6-10-13)11-12-7-3-1-4-8-12;/h1-10H;/q-1;. The summed E-state index contributed by atoms with van der Waals surface area (Å²) in [6.45, 7) is 0. The van der Waals surface area contributed by atoms with Crippen LogP contribution in [0.15, 0.2) is 60.7 Å². The van der Waals surface area contributed by atoms with E-state index < -0.39 is 0 Å². The van der Waals surface area contributed by atoms with Gasteiger partial charge in [-0.1, -0.05) is 68.1 Å². The molecule has 2 aromatic carbocycles. The number of benzene rings is 2. The van der Waals surface area contributed by atoms with Crippen molar-refractivity contribution < 1.29 is 20.4 Å². The molecule has 0 unspecified atom stereocenters. The van der Waals surface area contributed by atoms with Crippen molar-refractivity contribution in [1.29, 1.82) is 0 Å². The van der Waals surface area contributed by atoms with Gasteiger partial charge in [-0.2, -0.15) is 0 Å². The first-order valence-electron chi connectivity index (χ1n) is 4.76. The predicted octanol–water partition coefficient (Wildman–Crippen LogP) is 4.31. The van der Waals surface area contributed by atoms with Crippen molar-refractivity contribution in [2.24, 2.45) is 0 Å². The maximum absolute atomic E-state index is 3.36. The zero-order valence-corrected chi connectivity index (χ0v) is 13.4. The van der Waals surface area contributed by atoms with Crippen LogP contribution >= 0.6 is 22.6 Å². The van der Waals surface area contributed by atoms with E-state index in [9.17, 15) is 0 Å². The van der Waals surface area contributed by atoms with E-state index >= 15 is 0 Å². The van der Waals surface area contributed by atoms with Crippen LogP contribution in [0, 0.1) is 6.08 Å². The molecule has 0 atom stereocenters. The second-order valence-electron chi connectivity index (χ2n) is 3.17. The normalized spacial score (nSPS) is 10.7. The molecule has 16 heavy (non-hydrogen) atoms. The molecule has 0 aliphatic carbocycles. The van der Waals surface area contributed by atoms with Crippen molar-refractivity contribution in [3.63, 3.8) is 0 Å². The Hall–Kier alpha value is -0.428. The summed E-state index contributed by atoms with van der Waals surface area (Å²) in [6, 6.07) is 20.5. The van der Waals surface area contributed by atoms with Gasteiger partial charge in [-0.3, -0.25) is 0 Å². The molecular formula is C14H10IRe-. The Bertz CT molecular complexity index is 449. The number of rotatable bonds is 2. The molecular weight excluding hydrogens is 481 g/mol. The predicted molar refractivity (Wildman–Crippen MR) is 72.7 cm³/mol. The second kappa shape index (κ2) is 7.01. The zero-order chi connectivity index (χ0) is 10.5. The molecule has 2 rings (SSSR count). The van der Waals surface area contributed by atoms with Gasteiger partial charge in [-0.15, -0.1) is 35.9 Å². The Morgan fingerprint density at radius 2 is 1.31 bits per heavy atom. The van der Waals surface area contributed by atoms with E-state index in [4.69, 9.17) is 0 Å². The summed E-state index contributed by atoms with van der Waals surface area (Å²) in [5.74, 6) is 0. The minimum Gasteiger partial charge on any atom is -0.149 e. The van der Waals surface area contributed by atoms with Gasteiger partial charge in [0.05, 0.1) is 0 Å². The molecule has 0 aliphatic rings. The van der Waals surface area contributed by atoms with Crippen LogP contribution in [0.2, 0.25) is 0 Å². The molecule has 0 aliphatic heterocycles. The summed E-state index contributed by atoms with van der Waals surface area (Å²) < 4.78 is 1.14. The van der Waals surface area contributed by atoms with Crippen LogP contribution in [-0.4, -0.2) is 0 Å². The van der Waals surface area contributed by atoms with Crippen LogP contribution in [0.3, 0.4) is 0 Å². The van der Waals surface area contributed by atoms with E-state index in [1.54, 1.807) is 0 Å². The molecule has 2 aromatic rings. The van der Waals surface area contributed by atoms with E-state index in [1.165, 1.54) is 5.56 Å². The summed E-state index contributed by atoms with van der Waals surface area (Å²) in [5.41, 5.74) is 2.33. The van der Waals surface area contributed by atoms with E-state index in [2.05, 4.69) is 52.9 Å². The topological polar surface area (TPSA) is 0 Å². The average Bonchev–Trinajstić information content (AvgIpc) is 2.31. The van der Waals surface area contributed by atoms with Crippen molar-refractivity contribution in [2.75, 3.05) is 0 Å². The summed E-state index contributed by atoms with van der Waals surface area (Å²) in [6.07, 6.45) is 3.36. The smallest absolute Gasteiger partial charge is 0 e. The molecule has 0 saturated heterocycles. The molecule has 0 aromatic heterocycles. The van der Waals surface area contributed by atoms with Crippen molar-refractivity contribution in [3.8, 4) is 0 Å². The van der Waals surface area contributed by atoms with Crippen molar-refractivity contribution >= 4 is 26.2 Å².